The average Bonchev–Trinajstić information content (AvgIpc) is 2.86. The van der Waals surface area contributed by atoms with Gasteiger partial charge in [0.2, 0.25) is 0 Å². The molecule has 0 amide bonds. The lowest BCUT2D eigenvalue weighted by molar-refractivity contribution is 0.103. The molecule has 1 aromatic carbocycles. The SMILES string of the molecule is O=C(c1ccccc1)c1ccn2nnnc2c1. The smallest absolute Gasteiger partial charge is 0.193 e. The average molecular weight is 224 g/mol. The second kappa shape index (κ2) is 3.79. The third kappa shape index (κ3) is 1.67. The number of ketones is 1. The van der Waals surface area contributed by atoms with Gasteiger partial charge in [-0.3, -0.25) is 4.79 Å². The van der Waals surface area contributed by atoms with E-state index in [0.29, 0.717) is 16.8 Å². The number of hydrogen-bond donors (Lipinski definition) is 0. The minimum absolute atomic E-state index is 0.0314. The van der Waals surface area contributed by atoms with Crippen LogP contribution in [0.5, 0.6) is 0 Å². The molecule has 0 aliphatic carbocycles. The van der Waals surface area contributed by atoms with Crippen LogP contribution in [-0.4, -0.2) is 25.8 Å². The van der Waals surface area contributed by atoms with Crippen molar-refractivity contribution in [3.63, 3.8) is 0 Å². The van der Waals surface area contributed by atoms with Gasteiger partial charge in [0, 0.05) is 17.3 Å². The summed E-state index contributed by atoms with van der Waals surface area (Å²) in [6.07, 6.45) is 1.67. The Kier molecular flexibility index (Phi) is 2.15. The zero-order chi connectivity index (χ0) is 11.7. The zero-order valence-corrected chi connectivity index (χ0v) is 8.82. The molecule has 0 bridgehead atoms. The number of tetrazole rings is 1. The maximum Gasteiger partial charge on any atom is 0.193 e. The first kappa shape index (κ1) is 9.65. The molecule has 0 aliphatic rings. The number of rotatable bonds is 2. The number of aromatic nitrogens is 4. The van der Waals surface area contributed by atoms with E-state index in [0.717, 1.165) is 0 Å². The number of carbonyl (C=O) groups is 1. The Balaban J connectivity index is 2.06. The quantitative estimate of drug-likeness (QED) is 0.616. The Morgan fingerprint density at radius 1 is 1.06 bits per heavy atom. The molecule has 5 nitrogen and oxygen atoms in total. The summed E-state index contributed by atoms with van der Waals surface area (Å²) in [5, 5.41) is 11.1. The maximum atomic E-state index is 12.1. The van der Waals surface area contributed by atoms with Crippen molar-refractivity contribution in [2.24, 2.45) is 0 Å². The summed E-state index contributed by atoms with van der Waals surface area (Å²) < 4.78 is 1.52. The van der Waals surface area contributed by atoms with Gasteiger partial charge in [-0.1, -0.05) is 30.3 Å². The van der Waals surface area contributed by atoms with E-state index in [9.17, 15) is 4.79 Å². The van der Waals surface area contributed by atoms with Crippen molar-refractivity contribution in [2.75, 3.05) is 0 Å². The Bertz CT molecular complexity index is 675. The summed E-state index contributed by atoms with van der Waals surface area (Å²) in [5.74, 6) is -0.0314. The number of pyridine rings is 1. The Morgan fingerprint density at radius 3 is 2.71 bits per heavy atom. The molecule has 0 radical (unpaired) electrons. The molecular weight excluding hydrogens is 216 g/mol. The van der Waals surface area contributed by atoms with Gasteiger partial charge in [-0.25, -0.2) is 4.52 Å². The summed E-state index contributed by atoms with van der Waals surface area (Å²) in [6.45, 7) is 0. The van der Waals surface area contributed by atoms with Gasteiger partial charge in [-0.15, -0.1) is 5.10 Å². The fourth-order valence-corrected chi connectivity index (χ4v) is 1.64. The molecule has 2 aromatic heterocycles. The van der Waals surface area contributed by atoms with Gasteiger partial charge in [-0.05, 0) is 22.6 Å². The highest BCUT2D eigenvalue weighted by Crippen LogP contribution is 2.10. The monoisotopic (exact) mass is 224 g/mol. The van der Waals surface area contributed by atoms with E-state index < -0.39 is 0 Å². The standard InChI is InChI=1S/C12H8N4O/c17-12(9-4-2-1-3-5-9)10-6-7-16-11(8-10)13-14-15-16/h1-8H. The number of carbonyl (C=O) groups excluding carboxylic acids is 1. The fourth-order valence-electron chi connectivity index (χ4n) is 1.64. The molecule has 0 atom stereocenters. The van der Waals surface area contributed by atoms with Crippen molar-refractivity contribution in [1.82, 2.24) is 20.0 Å². The largest absolute Gasteiger partial charge is 0.289 e. The van der Waals surface area contributed by atoms with E-state index in [4.69, 9.17) is 0 Å². The topological polar surface area (TPSA) is 60.2 Å². The molecule has 82 valence electrons. The van der Waals surface area contributed by atoms with Crippen LogP contribution in [-0.2, 0) is 0 Å². The van der Waals surface area contributed by atoms with Gasteiger partial charge in [0.1, 0.15) is 0 Å². The molecule has 0 fully saturated rings. The van der Waals surface area contributed by atoms with Crippen LogP contribution in [0.3, 0.4) is 0 Å². The normalized spacial score (nSPS) is 10.6. The highest BCUT2D eigenvalue weighted by atomic mass is 16.1. The number of benzene rings is 1. The number of hydrogen-bond acceptors (Lipinski definition) is 4. The molecule has 0 saturated heterocycles. The van der Waals surface area contributed by atoms with E-state index >= 15 is 0 Å². The fraction of sp³-hybridized carbons (Fsp3) is 0. The molecule has 17 heavy (non-hydrogen) atoms. The molecule has 2 heterocycles. The predicted octanol–water partition coefficient (Wildman–Crippen LogP) is 1.36. The molecule has 3 aromatic rings. The van der Waals surface area contributed by atoms with Crippen LogP contribution in [0.4, 0.5) is 0 Å². The molecule has 0 N–H and O–H groups in total. The van der Waals surface area contributed by atoms with Crippen LogP contribution in [0.25, 0.3) is 5.65 Å². The summed E-state index contributed by atoms with van der Waals surface area (Å²) in [7, 11) is 0. The molecule has 0 aliphatic heterocycles. The first-order chi connectivity index (χ1) is 8.34. The van der Waals surface area contributed by atoms with Gasteiger partial charge in [0.15, 0.2) is 11.4 Å². The van der Waals surface area contributed by atoms with Crippen LogP contribution in [0.1, 0.15) is 15.9 Å². The van der Waals surface area contributed by atoms with Crippen LogP contribution in [0.2, 0.25) is 0 Å². The van der Waals surface area contributed by atoms with Crippen molar-refractivity contribution in [3.05, 3.63) is 59.8 Å². The van der Waals surface area contributed by atoms with Crippen molar-refractivity contribution in [2.45, 2.75) is 0 Å². The lowest BCUT2D eigenvalue weighted by Gasteiger charge is -2.00. The van der Waals surface area contributed by atoms with E-state index in [1.807, 2.05) is 18.2 Å². The molecule has 3 rings (SSSR count). The van der Waals surface area contributed by atoms with Crippen LogP contribution in [0, 0.1) is 0 Å². The van der Waals surface area contributed by atoms with Crippen LogP contribution < -0.4 is 0 Å². The maximum absolute atomic E-state index is 12.1. The van der Waals surface area contributed by atoms with Gasteiger partial charge in [0.05, 0.1) is 0 Å². The predicted molar refractivity (Wildman–Crippen MR) is 60.7 cm³/mol. The second-order valence-corrected chi connectivity index (χ2v) is 3.59. The molecule has 0 unspecified atom stereocenters. The van der Waals surface area contributed by atoms with Crippen molar-refractivity contribution in [3.8, 4) is 0 Å². The summed E-state index contributed by atoms with van der Waals surface area (Å²) in [4.78, 5) is 12.1. The van der Waals surface area contributed by atoms with Crippen LogP contribution >= 0.6 is 0 Å². The molecule has 0 spiro atoms. The van der Waals surface area contributed by atoms with E-state index in [-0.39, 0.29) is 5.78 Å². The summed E-state index contributed by atoms with van der Waals surface area (Å²) in [6, 6.07) is 12.5. The second-order valence-electron chi connectivity index (χ2n) is 3.59. The number of nitrogens with zero attached hydrogens (tertiary/aromatic N) is 4. The molecular formula is C12H8N4O. The summed E-state index contributed by atoms with van der Waals surface area (Å²) >= 11 is 0. The first-order valence-corrected chi connectivity index (χ1v) is 5.12. The van der Waals surface area contributed by atoms with Crippen LogP contribution in [0.15, 0.2) is 48.7 Å². The van der Waals surface area contributed by atoms with Gasteiger partial charge < -0.3 is 0 Å². The Hall–Kier alpha value is -2.56. The third-order valence-electron chi connectivity index (χ3n) is 2.50. The van der Waals surface area contributed by atoms with Crippen molar-refractivity contribution < 1.29 is 4.79 Å². The van der Waals surface area contributed by atoms with E-state index in [1.54, 1.807) is 30.5 Å². The van der Waals surface area contributed by atoms with E-state index in [2.05, 4.69) is 15.5 Å². The highest BCUT2D eigenvalue weighted by molar-refractivity contribution is 6.09. The minimum atomic E-state index is -0.0314. The lowest BCUT2D eigenvalue weighted by atomic mass is 10.0. The van der Waals surface area contributed by atoms with Gasteiger partial charge in [-0.2, -0.15) is 0 Å². The highest BCUT2D eigenvalue weighted by Gasteiger charge is 2.09. The first-order valence-electron chi connectivity index (χ1n) is 5.12. The number of fused-ring (bicyclic) bond motifs is 1. The summed E-state index contributed by atoms with van der Waals surface area (Å²) in [5.41, 5.74) is 1.80. The zero-order valence-electron chi connectivity index (χ0n) is 8.82. The van der Waals surface area contributed by atoms with Gasteiger partial charge >= 0.3 is 0 Å². The molecule has 5 heteroatoms. The van der Waals surface area contributed by atoms with Gasteiger partial charge in [0.25, 0.3) is 0 Å². The van der Waals surface area contributed by atoms with E-state index in [1.165, 1.54) is 4.52 Å². The van der Waals surface area contributed by atoms with Crippen molar-refractivity contribution in [1.29, 1.82) is 0 Å². The Labute approximate surface area is 96.7 Å². The third-order valence-corrected chi connectivity index (χ3v) is 2.50. The lowest BCUT2D eigenvalue weighted by Crippen LogP contribution is -2.02. The minimum Gasteiger partial charge on any atom is -0.289 e. The van der Waals surface area contributed by atoms with Crippen molar-refractivity contribution >= 4 is 11.4 Å². The molecule has 0 saturated carbocycles. The Morgan fingerprint density at radius 2 is 1.88 bits per heavy atom.